The third-order valence-electron chi connectivity index (χ3n) is 3.97. The van der Waals surface area contributed by atoms with Crippen LogP contribution < -0.4 is 11.2 Å². The van der Waals surface area contributed by atoms with Crippen LogP contribution in [0.3, 0.4) is 0 Å². The van der Waals surface area contributed by atoms with E-state index in [-0.39, 0.29) is 18.3 Å². The number of nitrogens with two attached hydrogens (primary N) is 1. The summed E-state index contributed by atoms with van der Waals surface area (Å²) in [5.74, 6) is 0.320. The maximum absolute atomic E-state index is 6.00. The van der Waals surface area contributed by atoms with Crippen molar-refractivity contribution >= 4 is 18.4 Å². The van der Waals surface area contributed by atoms with Crippen molar-refractivity contribution in [2.75, 3.05) is 7.05 Å². The normalized spacial score (nSPS) is 21.2. The fraction of sp³-hybridized carbons (Fsp3) is 0.500. The van der Waals surface area contributed by atoms with Crippen molar-refractivity contribution in [1.82, 2.24) is 0 Å². The Morgan fingerprint density at radius 2 is 1.57 bits per heavy atom. The molecule has 0 aliphatic carbocycles. The SMILES string of the molecule is CN=NN=C(N)c1ccc(B2OC(C)(C)C(C)(C)O2)cc1. The van der Waals surface area contributed by atoms with Gasteiger partial charge in [0.1, 0.15) is 0 Å². The van der Waals surface area contributed by atoms with E-state index in [0.717, 1.165) is 11.0 Å². The van der Waals surface area contributed by atoms with E-state index in [4.69, 9.17) is 15.0 Å². The second kappa shape index (κ2) is 5.58. The van der Waals surface area contributed by atoms with Crippen LogP contribution in [0.4, 0.5) is 0 Å². The van der Waals surface area contributed by atoms with Gasteiger partial charge >= 0.3 is 7.12 Å². The van der Waals surface area contributed by atoms with Gasteiger partial charge in [0, 0.05) is 5.56 Å². The fourth-order valence-electron chi connectivity index (χ4n) is 1.94. The second-order valence-electron chi connectivity index (χ2n) is 5.98. The van der Waals surface area contributed by atoms with Crippen LogP contribution in [0.25, 0.3) is 0 Å². The van der Waals surface area contributed by atoms with E-state index in [2.05, 4.69) is 15.4 Å². The lowest BCUT2D eigenvalue weighted by Crippen LogP contribution is -2.41. The van der Waals surface area contributed by atoms with E-state index in [1.54, 1.807) is 0 Å². The van der Waals surface area contributed by atoms with Gasteiger partial charge in [-0.05, 0) is 38.4 Å². The van der Waals surface area contributed by atoms with Gasteiger partial charge in [0.15, 0.2) is 5.84 Å². The van der Waals surface area contributed by atoms with E-state index >= 15 is 0 Å². The molecule has 0 bridgehead atoms. The summed E-state index contributed by atoms with van der Waals surface area (Å²) in [6.45, 7) is 8.12. The molecule has 1 aliphatic heterocycles. The van der Waals surface area contributed by atoms with Crippen molar-refractivity contribution in [3.63, 3.8) is 0 Å². The Hall–Kier alpha value is -1.73. The van der Waals surface area contributed by atoms with E-state index in [1.165, 1.54) is 7.05 Å². The lowest BCUT2D eigenvalue weighted by Gasteiger charge is -2.32. The number of hydrogen-bond acceptors (Lipinski definition) is 4. The zero-order chi connectivity index (χ0) is 15.7. The predicted molar refractivity (Wildman–Crippen MR) is 83.7 cm³/mol. The van der Waals surface area contributed by atoms with Crippen LogP contribution in [0.2, 0.25) is 0 Å². The average molecular weight is 288 g/mol. The Morgan fingerprint density at radius 3 is 2.05 bits per heavy atom. The quantitative estimate of drug-likeness (QED) is 0.302. The topological polar surface area (TPSA) is 81.6 Å². The summed E-state index contributed by atoms with van der Waals surface area (Å²) in [5.41, 5.74) is 6.83. The minimum absolute atomic E-state index is 0.320. The van der Waals surface area contributed by atoms with Crippen LogP contribution >= 0.6 is 0 Å². The fourth-order valence-corrected chi connectivity index (χ4v) is 1.94. The summed E-state index contributed by atoms with van der Waals surface area (Å²) in [5, 5.41) is 10.8. The molecule has 6 nitrogen and oxygen atoms in total. The van der Waals surface area contributed by atoms with Gasteiger partial charge in [0.2, 0.25) is 0 Å². The molecular weight excluding hydrogens is 267 g/mol. The molecule has 2 rings (SSSR count). The summed E-state index contributed by atoms with van der Waals surface area (Å²) in [6, 6.07) is 7.57. The summed E-state index contributed by atoms with van der Waals surface area (Å²) in [7, 11) is 1.16. The van der Waals surface area contributed by atoms with Gasteiger partial charge in [0.25, 0.3) is 0 Å². The molecule has 112 valence electrons. The maximum Gasteiger partial charge on any atom is 0.494 e. The van der Waals surface area contributed by atoms with Gasteiger partial charge in [-0.1, -0.05) is 24.3 Å². The molecule has 0 unspecified atom stereocenters. The van der Waals surface area contributed by atoms with Gasteiger partial charge in [-0.2, -0.15) is 5.11 Å². The van der Waals surface area contributed by atoms with Crippen LogP contribution in [0, 0.1) is 0 Å². The average Bonchev–Trinajstić information content (AvgIpc) is 2.65. The molecule has 0 spiro atoms. The van der Waals surface area contributed by atoms with E-state index < -0.39 is 0 Å². The first-order valence-corrected chi connectivity index (χ1v) is 6.85. The van der Waals surface area contributed by atoms with Crippen LogP contribution in [-0.2, 0) is 9.31 Å². The number of benzene rings is 1. The molecular formula is C14H21BN4O2. The van der Waals surface area contributed by atoms with Crippen molar-refractivity contribution in [3.05, 3.63) is 29.8 Å². The van der Waals surface area contributed by atoms with Crippen LogP contribution in [-0.4, -0.2) is 31.2 Å². The Balaban J connectivity index is 2.18. The predicted octanol–water partition coefficient (Wildman–Crippen LogP) is 1.69. The van der Waals surface area contributed by atoms with Crippen molar-refractivity contribution in [2.24, 2.45) is 21.2 Å². The highest BCUT2D eigenvalue weighted by molar-refractivity contribution is 6.62. The highest BCUT2D eigenvalue weighted by atomic mass is 16.7. The molecule has 0 amide bonds. The smallest absolute Gasteiger partial charge is 0.399 e. The molecule has 1 heterocycles. The molecule has 21 heavy (non-hydrogen) atoms. The first-order valence-electron chi connectivity index (χ1n) is 6.85. The zero-order valence-corrected chi connectivity index (χ0v) is 13.1. The number of nitrogens with zero attached hydrogens (tertiary/aromatic N) is 3. The number of rotatable bonds is 3. The van der Waals surface area contributed by atoms with Crippen molar-refractivity contribution in [2.45, 2.75) is 38.9 Å². The maximum atomic E-state index is 6.00. The lowest BCUT2D eigenvalue weighted by molar-refractivity contribution is 0.00578. The molecule has 2 N–H and O–H groups in total. The van der Waals surface area contributed by atoms with Gasteiger partial charge in [-0.25, -0.2) is 0 Å². The van der Waals surface area contributed by atoms with Gasteiger partial charge in [0.05, 0.1) is 18.2 Å². The summed E-state index contributed by atoms with van der Waals surface area (Å²) >= 11 is 0. The number of amidine groups is 1. The monoisotopic (exact) mass is 288 g/mol. The Kier molecular flexibility index (Phi) is 4.16. The molecule has 7 heteroatoms. The summed E-state index contributed by atoms with van der Waals surface area (Å²) < 4.78 is 12.0. The molecule has 1 aliphatic rings. The molecule has 1 saturated heterocycles. The zero-order valence-electron chi connectivity index (χ0n) is 13.1. The van der Waals surface area contributed by atoms with Gasteiger partial charge < -0.3 is 15.0 Å². The van der Waals surface area contributed by atoms with Crippen LogP contribution in [0.1, 0.15) is 33.3 Å². The van der Waals surface area contributed by atoms with E-state index in [9.17, 15) is 0 Å². The Labute approximate surface area is 125 Å². The van der Waals surface area contributed by atoms with Crippen molar-refractivity contribution in [3.8, 4) is 0 Å². The molecule has 0 atom stereocenters. The van der Waals surface area contributed by atoms with Crippen LogP contribution in [0.15, 0.2) is 39.7 Å². The molecule has 1 fully saturated rings. The number of hydrogen-bond donors (Lipinski definition) is 1. The van der Waals surface area contributed by atoms with E-state index in [0.29, 0.717) is 5.84 Å². The van der Waals surface area contributed by atoms with Gasteiger partial charge in [-0.3, -0.25) is 0 Å². The van der Waals surface area contributed by atoms with Crippen molar-refractivity contribution in [1.29, 1.82) is 0 Å². The molecule has 1 aromatic rings. The minimum Gasteiger partial charge on any atom is -0.399 e. The lowest BCUT2D eigenvalue weighted by atomic mass is 9.79. The third kappa shape index (κ3) is 3.14. The Morgan fingerprint density at radius 1 is 1.05 bits per heavy atom. The largest absolute Gasteiger partial charge is 0.494 e. The highest BCUT2D eigenvalue weighted by Gasteiger charge is 2.51. The molecule has 0 saturated carbocycles. The Bertz CT molecular complexity index is 551. The first kappa shape index (κ1) is 15.7. The highest BCUT2D eigenvalue weighted by Crippen LogP contribution is 2.36. The van der Waals surface area contributed by atoms with Gasteiger partial charge in [-0.15, -0.1) is 5.10 Å². The molecule has 1 aromatic carbocycles. The van der Waals surface area contributed by atoms with Crippen molar-refractivity contribution < 1.29 is 9.31 Å². The third-order valence-corrected chi connectivity index (χ3v) is 3.97. The summed E-state index contributed by atoms with van der Waals surface area (Å²) in [6.07, 6.45) is 0. The summed E-state index contributed by atoms with van der Waals surface area (Å²) in [4.78, 5) is 0. The second-order valence-corrected chi connectivity index (χ2v) is 5.98. The molecule has 0 aromatic heterocycles. The molecule has 0 radical (unpaired) electrons. The first-order chi connectivity index (χ1) is 9.77. The van der Waals surface area contributed by atoms with Crippen LogP contribution in [0.5, 0.6) is 0 Å². The minimum atomic E-state index is -0.377. The standard InChI is InChI=1S/C14H21BN4O2/c1-13(2)14(3,4)21-15(20-13)11-8-6-10(7-9-11)12(16)18-19-17-5/h6-9H,1-5H3,(H2,16,17,18). The van der Waals surface area contributed by atoms with E-state index in [1.807, 2.05) is 52.0 Å².